The van der Waals surface area contributed by atoms with Crippen LogP contribution in [0.3, 0.4) is 0 Å². The van der Waals surface area contributed by atoms with Gasteiger partial charge in [0.15, 0.2) is 0 Å². The van der Waals surface area contributed by atoms with Crippen molar-refractivity contribution in [2.24, 2.45) is 0 Å². The minimum absolute atomic E-state index is 0.0602. The molecule has 28 heavy (non-hydrogen) atoms. The highest BCUT2D eigenvalue weighted by molar-refractivity contribution is 6.31. The van der Waals surface area contributed by atoms with Gasteiger partial charge in [-0.25, -0.2) is 0 Å². The smallest absolute Gasteiger partial charge is 0.241 e. The molecule has 1 saturated heterocycles. The number of aryl methyl sites for hydroxylation is 2. The number of nitrogens with zero attached hydrogens (tertiary/aromatic N) is 2. The van der Waals surface area contributed by atoms with E-state index in [9.17, 15) is 4.79 Å². The van der Waals surface area contributed by atoms with Crippen molar-refractivity contribution in [3.05, 3.63) is 64.2 Å². The first-order valence-corrected chi connectivity index (χ1v) is 10.4. The second-order valence-corrected chi connectivity index (χ2v) is 8.11. The summed E-state index contributed by atoms with van der Waals surface area (Å²) in [7, 11) is 0. The lowest BCUT2D eigenvalue weighted by molar-refractivity contribution is -0.121. The SMILES string of the molecule is Cc1cccc(C)c1NC(=O)C(C)N1CCN(C(C)c2ccccc2Cl)CC1. The van der Waals surface area contributed by atoms with Crippen molar-refractivity contribution >= 4 is 23.2 Å². The van der Waals surface area contributed by atoms with Gasteiger partial charge in [-0.05, 0) is 50.5 Å². The third-order valence-electron chi connectivity index (χ3n) is 5.91. The minimum atomic E-state index is -0.156. The number of benzene rings is 2. The predicted molar refractivity (Wildman–Crippen MR) is 117 cm³/mol. The van der Waals surface area contributed by atoms with Crippen LogP contribution < -0.4 is 5.32 Å². The topological polar surface area (TPSA) is 35.6 Å². The molecule has 1 aliphatic rings. The Labute approximate surface area is 173 Å². The Kier molecular flexibility index (Phi) is 6.76. The lowest BCUT2D eigenvalue weighted by Gasteiger charge is -2.40. The molecule has 1 heterocycles. The quantitative estimate of drug-likeness (QED) is 0.794. The normalized spacial score (nSPS) is 17.9. The predicted octanol–water partition coefficient (Wildman–Crippen LogP) is 4.66. The molecule has 1 N–H and O–H groups in total. The minimum Gasteiger partial charge on any atom is -0.324 e. The second-order valence-electron chi connectivity index (χ2n) is 7.70. The third kappa shape index (κ3) is 4.57. The van der Waals surface area contributed by atoms with Gasteiger partial charge in [-0.3, -0.25) is 14.6 Å². The lowest BCUT2D eigenvalue weighted by atomic mass is 10.1. The molecule has 150 valence electrons. The van der Waals surface area contributed by atoms with Crippen LogP contribution in [0.15, 0.2) is 42.5 Å². The first-order valence-electron chi connectivity index (χ1n) is 9.98. The molecule has 5 heteroatoms. The van der Waals surface area contributed by atoms with Crippen molar-refractivity contribution in [3.63, 3.8) is 0 Å². The van der Waals surface area contributed by atoms with Crippen molar-refractivity contribution in [2.45, 2.75) is 39.8 Å². The van der Waals surface area contributed by atoms with E-state index in [1.807, 2.05) is 57.2 Å². The molecule has 0 spiro atoms. The molecule has 0 aliphatic carbocycles. The molecule has 2 aromatic rings. The van der Waals surface area contributed by atoms with E-state index in [4.69, 9.17) is 11.6 Å². The summed E-state index contributed by atoms with van der Waals surface area (Å²) in [5.41, 5.74) is 4.29. The van der Waals surface area contributed by atoms with Crippen LogP contribution >= 0.6 is 11.6 Å². The summed E-state index contributed by atoms with van der Waals surface area (Å²) >= 11 is 6.37. The number of anilines is 1. The zero-order valence-corrected chi connectivity index (χ0v) is 18.0. The van der Waals surface area contributed by atoms with E-state index in [-0.39, 0.29) is 18.0 Å². The van der Waals surface area contributed by atoms with Gasteiger partial charge in [0.2, 0.25) is 5.91 Å². The molecule has 1 amide bonds. The van der Waals surface area contributed by atoms with Crippen molar-refractivity contribution in [1.29, 1.82) is 0 Å². The second kappa shape index (κ2) is 9.08. The van der Waals surface area contributed by atoms with Crippen LogP contribution in [0.25, 0.3) is 0 Å². The molecule has 2 aromatic carbocycles. The summed E-state index contributed by atoms with van der Waals surface area (Å²) in [6.07, 6.45) is 0. The van der Waals surface area contributed by atoms with Crippen LogP contribution in [0.4, 0.5) is 5.69 Å². The molecule has 1 aliphatic heterocycles. The van der Waals surface area contributed by atoms with E-state index in [1.54, 1.807) is 0 Å². The number of halogens is 1. The van der Waals surface area contributed by atoms with Gasteiger partial charge < -0.3 is 5.32 Å². The molecular formula is C23H30ClN3O. The van der Waals surface area contributed by atoms with E-state index < -0.39 is 0 Å². The molecule has 0 bridgehead atoms. The summed E-state index contributed by atoms with van der Waals surface area (Å²) in [6.45, 7) is 11.8. The lowest BCUT2D eigenvalue weighted by Crippen LogP contribution is -2.53. The van der Waals surface area contributed by atoms with Gasteiger partial charge in [0.1, 0.15) is 0 Å². The molecule has 0 aromatic heterocycles. The first-order chi connectivity index (χ1) is 13.4. The number of piperazine rings is 1. The number of hydrogen-bond acceptors (Lipinski definition) is 3. The number of rotatable bonds is 5. The highest BCUT2D eigenvalue weighted by atomic mass is 35.5. The summed E-state index contributed by atoms with van der Waals surface area (Å²) in [5, 5.41) is 3.95. The number of para-hydroxylation sites is 1. The maximum atomic E-state index is 12.8. The van der Waals surface area contributed by atoms with Crippen LogP contribution in [-0.4, -0.2) is 47.9 Å². The standard InChI is InChI=1S/C23H30ClN3O/c1-16-8-7-9-17(2)22(16)25-23(28)19(4)27-14-12-26(13-15-27)18(3)20-10-5-6-11-21(20)24/h5-11,18-19H,12-15H2,1-4H3,(H,25,28). The summed E-state index contributed by atoms with van der Waals surface area (Å²) < 4.78 is 0. The largest absolute Gasteiger partial charge is 0.324 e. The van der Waals surface area contributed by atoms with E-state index in [1.165, 1.54) is 5.56 Å². The Morgan fingerprint density at radius 2 is 1.50 bits per heavy atom. The number of nitrogens with one attached hydrogen (secondary N) is 1. The molecular weight excluding hydrogens is 370 g/mol. The Morgan fingerprint density at radius 3 is 2.11 bits per heavy atom. The van der Waals surface area contributed by atoms with Gasteiger partial charge >= 0.3 is 0 Å². The van der Waals surface area contributed by atoms with Crippen molar-refractivity contribution in [3.8, 4) is 0 Å². The molecule has 4 nitrogen and oxygen atoms in total. The molecule has 0 radical (unpaired) electrons. The fraction of sp³-hybridized carbons (Fsp3) is 0.435. The van der Waals surface area contributed by atoms with Gasteiger partial charge in [0.25, 0.3) is 0 Å². The Balaban J connectivity index is 1.58. The van der Waals surface area contributed by atoms with Crippen LogP contribution in [-0.2, 0) is 4.79 Å². The number of carbonyl (C=O) groups is 1. The monoisotopic (exact) mass is 399 g/mol. The van der Waals surface area contributed by atoms with Crippen LogP contribution in [0.2, 0.25) is 5.02 Å². The van der Waals surface area contributed by atoms with Crippen LogP contribution in [0.5, 0.6) is 0 Å². The fourth-order valence-electron chi connectivity index (χ4n) is 3.93. The molecule has 0 saturated carbocycles. The Morgan fingerprint density at radius 1 is 0.929 bits per heavy atom. The van der Waals surface area contributed by atoms with Crippen molar-refractivity contribution in [1.82, 2.24) is 9.80 Å². The van der Waals surface area contributed by atoms with E-state index >= 15 is 0 Å². The summed E-state index contributed by atoms with van der Waals surface area (Å²) in [6, 6.07) is 14.2. The van der Waals surface area contributed by atoms with Crippen molar-refractivity contribution in [2.75, 3.05) is 31.5 Å². The Hall–Kier alpha value is -1.88. The maximum absolute atomic E-state index is 12.8. The maximum Gasteiger partial charge on any atom is 0.241 e. The number of hydrogen-bond donors (Lipinski definition) is 1. The van der Waals surface area contributed by atoms with E-state index in [0.29, 0.717) is 0 Å². The van der Waals surface area contributed by atoms with Gasteiger partial charge in [0, 0.05) is 42.9 Å². The Bertz CT molecular complexity index is 810. The van der Waals surface area contributed by atoms with Crippen molar-refractivity contribution < 1.29 is 4.79 Å². The summed E-state index contributed by atoms with van der Waals surface area (Å²) in [5.74, 6) is 0.0602. The fourth-order valence-corrected chi connectivity index (χ4v) is 4.22. The zero-order valence-electron chi connectivity index (χ0n) is 17.2. The molecule has 2 unspecified atom stereocenters. The molecule has 3 rings (SSSR count). The van der Waals surface area contributed by atoms with Gasteiger partial charge in [-0.2, -0.15) is 0 Å². The van der Waals surface area contributed by atoms with Crippen LogP contribution in [0.1, 0.15) is 36.6 Å². The average Bonchev–Trinajstić information content (AvgIpc) is 2.70. The number of amides is 1. The zero-order chi connectivity index (χ0) is 20.3. The van der Waals surface area contributed by atoms with E-state index in [0.717, 1.165) is 48.0 Å². The average molecular weight is 400 g/mol. The van der Waals surface area contributed by atoms with Gasteiger partial charge in [-0.15, -0.1) is 0 Å². The number of carbonyl (C=O) groups excluding carboxylic acids is 1. The van der Waals surface area contributed by atoms with Gasteiger partial charge in [-0.1, -0.05) is 48.0 Å². The molecule has 2 atom stereocenters. The summed E-state index contributed by atoms with van der Waals surface area (Å²) in [4.78, 5) is 17.5. The third-order valence-corrected chi connectivity index (χ3v) is 6.25. The highest BCUT2D eigenvalue weighted by Crippen LogP contribution is 2.28. The highest BCUT2D eigenvalue weighted by Gasteiger charge is 2.28. The first kappa shape index (κ1) is 20.8. The van der Waals surface area contributed by atoms with E-state index in [2.05, 4.69) is 28.1 Å². The molecule has 1 fully saturated rings. The van der Waals surface area contributed by atoms with Crippen LogP contribution in [0, 0.1) is 13.8 Å². The van der Waals surface area contributed by atoms with Gasteiger partial charge in [0.05, 0.1) is 6.04 Å².